The maximum atomic E-state index is 13.3. The predicted octanol–water partition coefficient (Wildman–Crippen LogP) is 6.72. The van der Waals surface area contributed by atoms with Crippen LogP contribution in [0.15, 0.2) is 24.3 Å². The Bertz CT molecular complexity index is 1100. The number of ether oxygens (including phenoxy) is 6. The molecule has 3 rings (SSSR count). The zero-order chi connectivity index (χ0) is 27.7. The predicted molar refractivity (Wildman–Crippen MR) is 147 cm³/mol. The highest BCUT2D eigenvalue weighted by molar-refractivity contribution is 6.25. The quantitative estimate of drug-likeness (QED) is 0.169. The third-order valence-corrected chi connectivity index (χ3v) is 5.87. The van der Waals surface area contributed by atoms with Gasteiger partial charge in [0.2, 0.25) is 0 Å². The Balaban J connectivity index is 2.52. The maximum Gasteiger partial charge on any atom is 0.339 e. The summed E-state index contributed by atoms with van der Waals surface area (Å²) in [5.74, 6) is 0.835. The van der Waals surface area contributed by atoms with E-state index in [0.717, 1.165) is 25.7 Å². The van der Waals surface area contributed by atoms with Gasteiger partial charge in [0, 0.05) is 21.5 Å². The molecule has 38 heavy (non-hydrogen) atoms. The van der Waals surface area contributed by atoms with Crippen molar-refractivity contribution in [3.05, 3.63) is 35.4 Å². The second kappa shape index (κ2) is 13.7. The molecule has 0 aliphatic rings. The second-order valence-corrected chi connectivity index (χ2v) is 8.82. The number of methoxy groups -OCH3 is 2. The molecular formula is C30H38O8. The average Bonchev–Trinajstić information content (AvgIpc) is 2.94. The molecule has 206 valence electrons. The fraction of sp³-hybridized carbons (Fsp3) is 0.467. The van der Waals surface area contributed by atoms with E-state index < -0.39 is 11.9 Å². The van der Waals surface area contributed by atoms with Crippen molar-refractivity contribution in [2.45, 2.75) is 53.4 Å². The lowest BCUT2D eigenvalue weighted by Crippen LogP contribution is -2.11. The van der Waals surface area contributed by atoms with Crippen LogP contribution in [0.1, 0.15) is 74.1 Å². The Hall–Kier alpha value is -3.68. The van der Waals surface area contributed by atoms with E-state index in [1.54, 1.807) is 24.3 Å². The number of carbonyl (C=O) groups is 2. The van der Waals surface area contributed by atoms with Gasteiger partial charge < -0.3 is 28.4 Å². The lowest BCUT2D eigenvalue weighted by Gasteiger charge is -2.20. The molecule has 0 amide bonds. The number of hydrogen-bond donors (Lipinski definition) is 0. The molecule has 0 spiro atoms. The molecule has 0 aliphatic carbocycles. The molecule has 3 aromatic rings. The summed E-state index contributed by atoms with van der Waals surface area (Å²) in [6, 6.07) is 6.95. The van der Waals surface area contributed by atoms with Gasteiger partial charge >= 0.3 is 11.9 Å². The van der Waals surface area contributed by atoms with Crippen molar-refractivity contribution in [1.29, 1.82) is 0 Å². The lowest BCUT2D eigenvalue weighted by molar-refractivity contribution is 0.0593. The summed E-state index contributed by atoms with van der Waals surface area (Å²) in [6.07, 6.45) is 3.16. The van der Waals surface area contributed by atoms with E-state index in [1.807, 2.05) is 27.7 Å². The minimum Gasteiger partial charge on any atom is -0.490 e. The number of benzene rings is 3. The van der Waals surface area contributed by atoms with E-state index in [1.165, 1.54) is 14.2 Å². The Labute approximate surface area is 224 Å². The highest BCUT2D eigenvalue weighted by Gasteiger charge is 2.27. The maximum absolute atomic E-state index is 13.3. The van der Waals surface area contributed by atoms with Crippen LogP contribution in [0.4, 0.5) is 0 Å². The van der Waals surface area contributed by atoms with Crippen molar-refractivity contribution in [2.24, 2.45) is 0 Å². The molecule has 0 heterocycles. The lowest BCUT2D eigenvalue weighted by atomic mass is 9.90. The largest absolute Gasteiger partial charge is 0.490 e. The van der Waals surface area contributed by atoms with Crippen molar-refractivity contribution >= 4 is 33.5 Å². The van der Waals surface area contributed by atoms with E-state index >= 15 is 0 Å². The van der Waals surface area contributed by atoms with Crippen LogP contribution < -0.4 is 18.9 Å². The first-order chi connectivity index (χ1) is 18.4. The number of fused-ring (bicyclic) bond motifs is 2. The summed E-state index contributed by atoms with van der Waals surface area (Å²) in [5, 5.41) is 1.96. The van der Waals surface area contributed by atoms with Gasteiger partial charge in [-0.3, -0.25) is 0 Å². The SMILES string of the molecule is CCCOc1cc2c(C(=O)OC)c3cc(OCCC)c(OCCC)cc3c(C(=O)OC)c2cc1OCCC. The Morgan fingerprint density at radius 1 is 0.500 bits per heavy atom. The molecule has 0 unspecified atom stereocenters. The van der Waals surface area contributed by atoms with E-state index in [4.69, 9.17) is 28.4 Å². The average molecular weight is 527 g/mol. The van der Waals surface area contributed by atoms with Crippen molar-refractivity contribution < 1.29 is 38.0 Å². The normalized spacial score (nSPS) is 10.9. The smallest absolute Gasteiger partial charge is 0.339 e. The van der Waals surface area contributed by atoms with Crippen LogP contribution in [-0.4, -0.2) is 52.6 Å². The van der Waals surface area contributed by atoms with Crippen LogP contribution in [0.2, 0.25) is 0 Å². The van der Waals surface area contributed by atoms with Crippen LogP contribution in [0, 0.1) is 0 Å². The Morgan fingerprint density at radius 2 is 0.737 bits per heavy atom. The van der Waals surface area contributed by atoms with Gasteiger partial charge in [-0.25, -0.2) is 9.59 Å². The summed E-state index contributed by atoms with van der Waals surface area (Å²) in [4.78, 5) is 26.5. The van der Waals surface area contributed by atoms with Gasteiger partial charge in [-0.2, -0.15) is 0 Å². The molecule has 0 aliphatic heterocycles. The Kier molecular flexibility index (Phi) is 10.4. The standard InChI is InChI=1S/C30H38O8/c1-7-11-35-23-15-19-20(16-24(23)36-12-8-2)28(30(32)34-6)22-18-26(38-14-10-4)25(37-13-9-3)17-21(22)27(19)29(31)33-5/h15-18H,7-14H2,1-6H3. The minimum atomic E-state index is -0.552. The Morgan fingerprint density at radius 3 is 0.921 bits per heavy atom. The van der Waals surface area contributed by atoms with Gasteiger partial charge in [-0.15, -0.1) is 0 Å². The van der Waals surface area contributed by atoms with Crippen LogP contribution >= 0.6 is 0 Å². The van der Waals surface area contributed by atoms with Crippen molar-refractivity contribution in [1.82, 2.24) is 0 Å². The van der Waals surface area contributed by atoms with Gasteiger partial charge in [-0.1, -0.05) is 27.7 Å². The number of esters is 2. The van der Waals surface area contributed by atoms with Crippen LogP contribution in [0.5, 0.6) is 23.0 Å². The molecule has 8 nitrogen and oxygen atoms in total. The first-order valence-electron chi connectivity index (χ1n) is 13.2. The van der Waals surface area contributed by atoms with Gasteiger partial charge in [0.25, 0.3) is 0 Å². The monoisotopic (exact) mass is 526 g/mol. The van der Waals surface area contributed by atoms with Gasteiger partial charge in [0.05, 0.1) is 51.8 Å². The summed E-state index contributed by atoms with van der Waals surface area (Å²) in [6.45, 7) is 9.88. The van der Waals surface area contributed by atoms with Crippen LogP contribution in [0.3, 0.4) is 0 Å². The first kappa shape index (κ1) is 28.9. The van der Waals surface area contributed by atoms with Crippen molar-refractivity contribution in [3.8, 4) is 23.0 Å². The molecule has 8 heteroatoms. The molecule has 0 aromatic heterocycles. The molecule has 0 radical (unpaired) electrons. The molecule has 0 saturated carbocycles. The van der Waals surface area contributed by atoms with Crippen molar-refractivity contribution in [3.63, 3.8) is 0 Å². The molecule has 0 atom stereocenters. The molecule has 3 aromatic carbocycles. The number of rotatable bonds is 14. The molecular weight excluding hydrogens is 488 g/mol. The summed E-state index contributed by atoms with van der Waals surface area (Å²) in [5.41, 5.74) is 0.578. The molecule has 0 saturated heterocycles. The van der Waals surface area contributed by atoms with Crippen LogP contribution in [0.25, 0.3) is 21.5 Å². The third-order valence-electron chi connectivity index (χ3n) is 5.87. The molecule has 0 fully saturated rings. The van der Waals surface area contributed by atoms with Crippen LogP contribution in [-0.2, 0) is 9.47 Å². The third kappa shape index (κ3) is 6.06. The zero-order valence-corrected chi connectivity index (χ0v) is 23.2. The van der Waals surface area contributed by atoms with Gasteiger partial charge in [0.15, 0.2) is 23.0 Å². The summed E-state index contributed by atoms with van der Waals surface area (Å²) < 4.78 is 34.4. The van der Waals surface area contributed by atoms with Gasteiger partial charge in [0.1, 0.15) is 0 Å². The van der Waals surface area contributed by atoms with Crippen molar-refractivity contribution in [2.75, 3.05) is 40.6 Å². The van der Waals surface area contributed by atoms with E-state index in [0.29, 0.717) is 71.0 Å². The van der Waals surface area contributed by atoms with E-state index in [2.05, 4.69) is 0 Å². The number of hydrogen-bond acceptors (Lipinski definition) is 8. The zero-order valence-electron chi connectivity index (χ0n) is 23.2. The van der Waals surface area contributed by atoms with Gasteiger partial charge in [-0.05, 0) is 49.9 Å². The van der Waals surface area contributed by atoms with E-state index in [-0.39, 0.29) is 11.1 Å². The second-order valence-electron chi connectivity index (χ2n) is 8.82. The highest BCUT2D eigenvalue weighted by atomic mass is 16.5. The molecule has 0 bridgehead atoms. The molecule has 0 N–H and O–H groups in total. The highest BCUT2D eigenvalue weighted by Crippen LogP contribution is 2.44. The number of carbonyl (C=O) groups excluding carboxylic acids is 2. The summed E-state index contributed by atoms with van der Waals surface area (Å²) >= 11 is 0. The fourth-order valence-electron chi connectivity index (χ4n) is 4.18. The first-order valence-corrected chi connectivity index (χ1v) is 13.2. The fourth-order valence-corrected chi connectivity index (χ4v) is 4.18. The topological polar surface area (TPSA) is 89.5 Å². The van der Waals surface area contributed by atoms with E-state index in [9.17, 15) is 9.59 Å². The summed E-state index contributed by atoms with van der Waals surface area (Å²) in [7, 11) is 2.66. The minimum absolute atomic E-state index is 0.289.